The molecular formula is C22H23N3OS. The summed E-state index contributed by atoms with van der Waals surface area (Å²) in [7, 11) is 0. The molecule has 1 amide bonds. The van der Waals surface area contributed by atoms with Gasteiger partial charge in [-0.2, -0.15) is 0 Å². The number of fused-ring (bicyclic) bond motifs is 1. The van der Waals surface area contributed by atoms with Gasteiger partial charge >= 0.3 is 0 Å². The molecule has 1 saturated heterocycles. The first-order valence-electron chi connectivity index (χ1n) is 9.28. The molecule has 2 heterocycles. The van der Waals surface area contributed by atoms with E-state index in [1.54, 1.807) is 18.0 Å². The lowest BCUT2D eigenvalue weighted by Gasteiger charge is -2.34. The molecule has 4 nitrogen and oxygen atoms in total. The van der Waals surface area contributed by atoms with Gasteiger partial charge in [0.15, 0.2) is 0 Å². The molecule has 27 heavy (non-hydrogen) atoms. The van der Waals surface area contributed by atoms with Crippen LogP contribution < -0.4 is 0 Å². The summed E-state index contributed by atoms with van der Waals surface area (Å²) in [5.41, 5.74) is 1.23. The van der Waals surface area contributed by atoms with E-state index < -0.39 is 0 Å². The fourth-order valence-electron chi connectivity index (χ4n) is 3.40. The number of hydrogen-bond acceptors (Lipinski definition) is 4. The molecule has 0 bridgehead atoms. The van der Waals surface area contributed by atoms with Crippen LogP contribution in [0.4, 0.5) is 0 Å². The SMILES string of the molecule is O=C(CSc1ccc2ccccc2c1)N1CCN(Cc2cccnc2)CC1. The van der Waals surface area contributed by atoms with Crippen LogP contribution >= 0.6 is 11.8 Å². The molecule has 0 aliphatic carbocycles. The number of aromatic nitrogens is 1. The van der Waals surface area contributed by atoms with E-state index in [0.717, 1.165) is 37.6 Å². The van der Waals surface area contributed by atoms with Crippen molar-refractivity contribution < 1.29 is 4.79 Å². The summed E-state index contributed by atoms with van der Waals surface area (Å²) in [6.45, 7) is 4.35. The van der Waals surface area contributed by atoms with E-state index in [9.17, 15) is 4.79 Å². The summed E-state index contributed by atoms with van der Waals surface area (Å²) >= 11 is 1.63. The maximum atomic E-state index is 12.6. The van der Waals surface area contributed by atoms with Crippen molar-refractivity contribution in [3.63, 3.8) is 0 Å². The highest BCUT2D eigenvalue weighted by Gasteiger charge is 2.21. The third-order valence-electron chi connectivity index (χ3n) is 4.94. The predicted molar refractivity (Wildman–Crippen MR) is 111 cm³/mol. The molecular weight excluding hydrogens is 354 g/mol. The van der Waals surface area contributed by atoms with Crippen LogP contribution in [-0.4, -0.2) is 52.6 Å². The molecule has 138 valence electrons. The Balaban J connectivity index is 1.26. The number of rotatable bonds is 5. The average molecular weight is 378 g/mol. The van der Waals surface area contributed by atoms with E-state index in [1.807, 2.05) is 29.3 Å². The van der Waals surface area contributed by atoms with Crippen molar-refractivity contribution in [2.24, 2.45) is 0 Å². The van der Waals surface area contributed by atoms with Gasteiger partial charge < -0.3 is 4.90 Å². The minimum absolute atomic E-state index is 0.231. The van der Waals surface area contributed by atoms with Crippen LogP contribution in [-0.2, 0) is 11.3 Å². The lowest BCUT2D eigenvalue weighted by atomic mass is 10.1. The highest BCUT2D eigenvalue weighted by atomic mass is 32.2. The van der Waals surface area contributed by atoms with Crippen molar-refractivity contribution in [3.05, 3.63) is 72.6 Å². The zero-order valence-electron chi connectivity index (χ0n) is 15.3. The molecule has 0 N–H and O–H groups in total. The lowest BCUT2D eigenvalue weighted by Crippen LogP contribution is -2.48. The molecule has 0 atom stereocenters. The van der Waals surface area contributed by atoms with E-state index >= 15 is 0 Å². The Kier molecular flexibility index (Phi) is 5.70. The lowest BCUT2D eigenvalue weighted by molar-refractivity contribution is -0.130. The van der Waals surface area contributed by atoms with E-state index in [4.69, 9.17) is 0 Å². The Morgan fingerprint density at radius 1 is 0.963 bits per heavy atom. The van der Waals surface area contributed by atoms with Crippen LogP contribution in [0.5, 0.6) is 0 Å². The fourth-order valence-corrected chi connectivity index (χ4v) is 4.25. The number of nitrogens with zero attached hydrogens (tertiary/aromatic N) is 3. The number of benzene rings is 2. The van der Waals surface area contributed by atoms with Crippen molar-refractivity contribution in [1.82, 2.24) is 14.8 Å². The van der Waals surface area contributed by atoms with E-state index in [1.165, 1.54) is 16.3 Å². The number of piperazine rings is 1. The number of carbonyl (C=O) groups excluding carboxylic acids is 1. The Morgan fingerprint density at radius 3 is 2.56 bits per heavy atom. The summed E-state index contributed by atoms with van der Waals surface area (Å²) in [6, 6.07) is 18.8. The highest BCUT2D eigenvalue weighted by molar-refractivity contribution is 8.00. The summed E-state index contributed by atoms with van der Waals surface area (Å²) in [5, 5.41) is 2.46. The van der Waals surface area contributed by atoms with Gasteiger partial charge in [-0.3, -0.25) is 14.7 Å². The quantitative estimate of drug-likeness (QED) is 0.636. The maximum absolute atomic E-state index is 12.6. The molecule has 1 aliphatic heterocycles. The standard InChI is InChI=1S/C22H23N3OS/c26-22(17-27-21-8-7-19-5-1-2-6-20(19)14-21)25-12-10-24(11-13-25)16-18-4-3-9-23-15-18/h1-9,14-15H,10-13,16-17H2. The molecule has 1 aliphatic rings. The van der Waals surface area contributed by atoms with E-state index in [0.29, 0.717) is 5.75 Å². The zero-order valence-corrected chi connectivity index (χ0v) is 16.1. The second-order valence-corrected chi connectivity index (χ2v) is 7.86. The summed E-state index contributed by atoms with van der Waals surface area (Å²) in [6.07, 6.45) is 3.71. The highest BCUT2D eigenvalue weighted by Crippen LogP contribution is 2.24. The molecule has 1 aromatic heterocycles. The molecule has 0 saturated carbocycles. The summed E-state index contributed by atoms with van der Waals surface area (Å²) in [4.78, 5) is 22.3. The van der Waals surface area contributed by atoms with Crippen molar-refractivity contribution in [2.45, 2.75) is 11.4 Å². The number of thioether (sulfide) groups is 1. The average Bonchev–Trinajstić information content (AvgIpc) is 2.73. The van der Waals surface area contributed by atoms with E-state index in [-0.39, 0.29) is 5.91 Å². The Labute approximate surface area is 164 Å². The summed E-state index contributed by atoms with van der Waals surface area (Å²) in [5.74, 6) is 0.732. The monoisotopic (exact) mass is 377 g/mol. The van der Waals surface area contributed by atoms with Gasteiger partial charge in [0.25, 0.3) is 0 Å². The van der Waals surface area contributed by atoms with Gasteiger partial charge in [-0.15, -0.1) is 11.8 Å². The number of hydrogen-bond donors (Lipinski definition) is 0. The van der Waals surface area contributed by atoms with Gasteiger partial charge in [0, 0.05) is 50.0 Å². The first-order valence-corrected chi connectivity index (χ1v) is 10.3. The minimum atomic E-state index is 0.231. The predicted octanol–water partition coefficient (Wildman–Crippen LogP) is 3.67. The third-order valence-corrected chi connectivity index (χ3v) is 5.92. The van der Waals surface area contributed by atoms with Crippen molar-refractivity contribution >= 4 is 28.4 Å². The second-order valence-electron chi connectivity index (χ2n) is 6.82. The number of carbonyl (C=O) groups is 1. The van der Waals surface area contributed by atoms with Crippen LogP contribution in [0.1, 0.15) is 5.56 Å². The molecule has 1 fully saturated rings. The van der Waals surface area contributed by atoms with Crippen molar-refractivity contribution in [3.8, 4) is 0 Å². The largest absolute Gasteiger partial charge is 0.339 e. The van der Waals surface area contributed by atoms with Gasteiger partial charge in [-0.25, -0.2) is 0 Å². The van der Waals surface area contributed by atoms with Crippen LogP contribution in [0.2, 0.25) is 0 Å². The van der Waals surface area contributed by atoms with Gasteiger partial charge in [-0.1, -0.05) is 36.4 Å². The summed E-state index contributed by atoms with van der Waals surface area (Å²) < 4.78 is 0. The molecule has 2 aromatic carbocycles. The van der Waals surface area contributed by atoms with Crippen molar-refractivity contribution in [1.29, 1.82) is 0 Å². The minimum Gasteiger partial charge on any atom is -0.339 e. The molecule has 3 aromatic rings. The Morgan fingerprint density at radius 2 is 1.78 bits per heavy atom. The first-order chi connectivity index (χ1) is 13.3. The third kappa shape index (κ3) is 4.67. The van der Waals surface area contributed by atoms with Crippen LogP contribution in [0, 0.1) is 0 Å². The first kappa shape index (κ1) is 18.0. The van der Waals surface area contributed by atoms with Gasteiger partial charge in [0.1, 0.15) is 0 Å². The van der Waals surface area contributed by atoms with Crippen LogP contribution in [0.15, 0.2) is 71.9 Å². The zero-order chi connectivity index (χ0) is 18.5. The van der Waals surface area contributed by atoms with Gasteiger partial charge in [0.05, 0.1) is 5.75 Å². The Hall–Kier alpha value is -2.37. The molecule has 0 radical (unpaired) electrons. The molecule has 0 unspecified atom stereocenters. The number of amides is 1. The molecule has 0 spiro atoms. The van der Waals surface area contributed by atoms with Crippen molar-refractivity contribution in [2.75, 3.05) is 31.9 Å². The fraction of sp³-hybridized carbons (Fsp3) is 0.273. The second kappa shape index (κ2) is 8.55. The molecule has 5 heteroatoms. The normalized spacial score (nSPS) is 15.2. The van der Waals surface area contributed by atoms with Crippen LogP contribution in [0.3, 0.4) is 0 Å². The maximum Gasteiger partial charge on any atom is 0.233 e. The van der Waals surface area contributed by atoms with E-state index in [2.05, 4.69) is 46.3 Å². The number of pyridine rings is 1. The van der Waals surface area contributed by atoms with Gasteiger partial charge in [-0.05, 0) is 34.5 Å². The topological polar surface area (TPSA) is 36.4 Å². The van der Waals surface area contributed by atoms with Crippen LogP contribution in [0.25, 0.3) is 10.8 Å². The Bertz CT molecular complexity index is 908. The smallest absolute Gasteiger partial charge is 0.233 e. The molecule has 4 rings (SSSR count). The van der Waals surface area contributed by atoms with Gasteiger partial charge in [0.2, 0.25) is 5.91 Å².